The molecule has 0 saturated carbocycles. The Morgan fingerprint density at radius 1 is 1.03 bits per heavy atom. The molecule has 0 bridgehead atoms. The lowest BCUT2D eigenvalue weighted by molar-refractivity contribution is 0.143. The Morgan fingerprint density at radius 2 is 1.71 bits per heavy atom. The van der Waals surface area contributed by atoms with E-state index >= 15 is 0 Å². The predicted molar refractivity (Wildman–Crippen MR) is 122 cm³/mol. The van der Waals surface area contributed by atoms with E-state index in [1.165, 1.54) is 22.3 Å². The third kappa shape index (κ3) is 4.63. The van der Waals surface area contributed by atoms with Gasteiger partial charge < -0.3 is 15.2 Å². The summed E-state index contributed by atoms with van der Waals surface area (Å²) in [6, 6.07) is 22.3. The van der Waals surface area contributed by atoms with Crippen molar-refractivity contribution in [2.24, 2.45) is 0 Å². The molecule has 0 radical (unpaired) electrons. The minimum Gasteiger partial charge on any atom is -0.449 e. The number of ether oxygens (including phenoxy) is 1. The van der Waals surface area contributed by atoms with Crippen molar-refractivity contribution in [1.82, 2.24) is 5.32 Å². The Balaban J connectivity index is 1.28. The number of carbonyl (C=O) groups excluding carboxylic acids is 1. The number of hydrogen-bond acceptors (Lipinski definition) is 3. The van der Waals surface area contributed by atoms with Crippen LogP contribution in [0.1, 0.15) is 40.2 Å². The van der Waals surface area contributed by atoms with Gasteiger partial charge in [0.05, 0.1) is 6.61 Å². The van der Waals surface area contributed by atoms with Crippen molar-refractivity contribution in [2.75, 3.05) is 13.2 Å². The van der Waals surface area contributed by atoms with Gasteiger partial charge in [-0.1, -0.05) is 66.4 Å². The summed E-state index contributed by atoms with van der Waals surface area (Å²) in [4.78, 5) is 12.2. The highest BCUT2D eigenvalue weighted by Crippen LogP contribution is 2.44. The second kappa shape index (κ2) is 9.51. The first-order valence-electron chi connectivity index (χ1n) is 10.5. The average molecular weight is 412 g/mol. The number of aliphatic hydroxyl groups excluding tert-OH is 1. The van der Waals surface area contributed by atoms with Gasteiger partial charge in [-0.25, -0.2) is 4.79 Å². The number of alkyl carbamates (subject to hydrolysis) is 1. The van der Waals surface area contributed by atoms with Gasteiger partial charge in [-0.15, -0.1) is 0 Å². The summed E-state index contributed by atoms with van der Waals surface area (Å²) in [6.45, 7) is 2.69. The molecule has 156 valence electrons. The average Bonchev–Trinajstić information content (AvgIpc) is 3.12. The van der Waals surface area contributed by atoms with E-state index in [2.05, 4.69) is 41.4 Å². The summed E-state index contributed by atoms with van der Waals surface area (Å²) in [6.07, 6.45) is 0.0913. The van der Waals surface area contributed by atoms with Crippen LogP contribution in [0.4, 0.5) is 4.79 Å². The van der Waals surface area contributed by atoms with Crippen molar-refractivity contribution in [3.8, 4) is 23.0 Å². The first kappa shape index (κ1) is 20.7. The Hall–Kier alpha value is -3.55. The van der Waals surface area contributed by atoms with Crippen LogP contribution in [0, 0.1) is 18.8 Å². The van der Waals surface area contributed by atoms with E-state index in [1.54, 1.807) is 0 Å². The molecule has 0 spiro atoms. The van der Waals surface area contributed by atoms with Crippen LogP contribution >= 0.6 is 0 Å². The van der Waals surface area contributed by atoms with Gasteiger partial charge >= 0.3 is 6.09 Å². The molecule has 3 aromatic carbocycles. The Morgan fingerprint density at radius 3 is 2.39 bits per heavy atom. The number of carbonyl (C=O) groups is 1. The Labute approximate surface area is 182 Å². The summed E-state index contributed by atoms with van der Waals surface area (Å²) >= 11 is 0. The molecule has 3 aromatic rings. The number of nitrogens with one attached hydrogen (secondary N) is 1. The van der Waals surface area contributed by atoms with Crippen LogP contribution in [0.15, 0.2) is 66.7 Å². The molecular formula is C27H25NO3. The number of fused-ring (bicyclic) bond motifs is 3. The summed E-state index contributed by atoms with van der Waals surface area (Å²) in [5, 5.41) is 12.1. The molecule has 1 aliphatic rings. The zero-order valence-corrected chi connectivity index (χ0v) is 17.5. The first-order valence-corrected chi connectivity index (χ1v) is 10.5. The van der Waals surface area contributed by atoms with Crippen LogP contribution in [0.5, 0.6) is 0 Å². The van der Waals surface area contributed by atoms with Crippen molar-refractivity contribution >= 4 is 6.09 Å². The standard InChI is InChI=1S/C27H25NO3/c1-19-13-14-20(16-21(19)17-29)8-6-7-15-28-27(30)31-18-26-24-11-4-2-9-22(24)23-10-3-5-12-25(23)26/h2-5,9-14,16,26,29H,7,15,17-18H2,1H3,(H,28,30). The summed E-state index contributed by atoms with van der Waals surface area (Å²) in [5.41, 5.74) is 7.60. The number of rotatable bonds is 5. The van der Waals surface area contributed by atoms with E-state index in [9.17, 15) is 9.90 Å². The molecule has 0 heterocycles. The third-order valence-electron chi connectivity index (χ3n) is 5.62. The van der Waals surface area contributed by atoms with Crippen LogP contribution in [0.2, 0.25) is 0 Å². The van der Waals surface area contributed by atoms with Gasteiger partial charge in [0.1, 0.15) is 6.61 Å². The monoisotopic (exact) mass is 411 g/mol. The van der Waals surface area contributed by atoms with Crippen LogP contribution < -0.4 is 5.32 Å². The topological polar surface area (TPSA) is 58.6 Å². The maximum atomic E-state index is 12.2. The lowest BCUT2D eigenvalue weighted by Gasteiger charge is -2.14. The van der Waals surface area contributed by atoms with Gasteiger partial charge in [-0.05, 0) is 52.4 Å². The lowest BCUT2D eigenvalue weighted by atomic mass is 9.98. The highest BCUT2D eigenvalue weighted by atomic mass is 16.5. The van der Waals surface area contributed by atoms with E-state index in [4.69, 9.17) is 4.74 Å². The van der Waals surface area contributed by atoms with Gasteiger partial charge in [0, 0.05) is 24.4 Å². The van der Waals surface area contributed by atoms with Gasteiger partial charge in [0.2, 0.25) is 0 Å². The number of aliphatic hydroxyl groups is 1. The van der Waals surface area contributed by atoms with Crippen molar-refractivity contribution in [3.05, 3.63) is 94.5 Å². The second-order valence-corrected chi connectivity index (χ2v) is 7.60. The molecule has 4 rings (SSSR count). The predicted octanol–water partition coefficient (Wildman–Crippen LogP) is 4.77. The fraction of sp³-hybridized carbons (Fsp3) is 0.222. The number of hydrogen-bond donors (Lipinski definition) is 2. The quantitative estimate of drug-likeness (QED) is 0.470. The maximum absolute atomic E-state index is 12.2. The second-order valence-electron chi connectivity index (χ2n) is 7.60. The molecule has 4 nitrogen and oxygen atoms in total. The maximum Gasteiger partial charge on any atom is 0.407 e. The van der Waals surface area contributed by atoms with Gasteiger partial charge in [-0.2, -0.15) is 0 Å². The van der Waals surface area contributed by atoms with Gasteiger partial charge in [0.25, 0.3) is 0 Å². The number of aryl methyl sites for hydroxylation is 1. The SMILES string of the molecule is Cc1ccc(C#CCCNC(=O)OCC2c3ccccc3-c3ccccc32)cc1CO. The number of amides is 1. The Kier molecular flexibility index (Phi) is 6.35. The largest absolute Gasteiger partial charge is 0.449 e. The molecule has 0 aliphatic heterocycles. The van der Waals surface area contributed by atoms with Gasteiger partial charge in [0.15, 0.2) is 0 Å². The number of benzene rings is 3. The fourth-order valence-electron chi connectivity index (χ4n) is 3.96. The summed E-state index contributed by atoms with van der Waals surface area (Å²) in [7, 11) is 0. The molecule has 0 saturated heterocycles. The fourth-order valence-corrected chi connectivity index (χ4v) is 3.96. The van der Waals surface area contributed by atoms with E-state index < -0.39 is 6.09 Å². The molecule has 0 unspecified atom stereocenters. The van der Waals surface area contributed by atoms with Crippen molar-refractivity contribution in [2.45, 2.75) is 25.9 Å². The van der Waals surface area contributed by atoms with Crippen LogP contribution in [0.3, 0.4) is 0 Å². The highest BCUT2D eigenvalue weighted by molar-refractivity contribution is 5.79. The van der Waals surface area contributed by atoms with Crippen LogP contribution in [0.25, 0.3) is 11.1 Å². The Bertz CT molecular complexity index is 1110. The summed E-state index contributed by atoms with van der Waals surface area (Å²) < 4.78 is 5.52. The molecule has 2 N–H and O–H groups in total. The van der Waals surface area contributed by atoms with Crippen molar-refractivity contribution in [3.63, 3.8) is 0 Å². The highest BCUT2D eigenvalue weighted by Gasteiger charge is 2.28. The molecule has 31 heavy (non-hydrogen) atoms. The van der Waals surface area contributed by atoms with E-state index in [0.29, 0.717) is 19.6 Å². The molecule has 4 heteroatoms. The van der Waals surface area contributed by atoms with Crippen LogP contribution in [-0.4, -0.2) is 24.4 Å². The van der Waals surface area contributed by atoms with E-state index in [1.807, 2.05) is 49.4 Å². The van der Waals surface area contributed by atoms with E-state index in [0.717, 1.165) is 16.7 Å². The van der Waals surface area contributed by atoms with Crippen molar-refractivity contribution in [1.29, 1.82) is 0 Å². The minimum absolute atomic E-state index is 0.00466. The molecular weight excluding hydrogens is 386 g/mol. The molecule has 0 fully saturated rings. The smallest absolute Gasteiger partial charge is 0.407 e. The molecule has 1 aliphatic carbocycles. The molecule has 1 amide bonds. The summed E-state index contributed by atoms with van der Waals surface area (Å²) in [5.74, 6) is 6.17. The molecule has 0 atom stereocenters. The lowest BCUT2D eigenvalue weighted by Crippen LogP contribution is -2.26. The van der Waals surface area contributed by atoms with E-state index in [-0.39, 0.29) is 12.5 Å². The van der Waals surface area contributed by atoms with Crippen LogP contribution in [-0.2, 0) is 11.3 Å². The third-order valence-corrected chi connectivity index (χ3v) is 5.62. The van der Waals surface area contributed by atoms with Gasteiger partial charge in [-0.3, -0.25) is 0 Å². The zero-order chi connectivity index (χ0) is 21.6. The zero-order valence-electron chi connectivity index (χ0n) is 17.5. The minimum atomic E-state index is -0.429. The molecule has 0 aromatic heterocycles. The van der Waals surface area contributed by atoms with Crippen molar-refractivity contribution < 1.29 is 14.6 Å². The normalized spacial score (nSPS) is 11.8. The first-order chi connectivity index (χ1) is 15.2.